The quantitative estimate of drug-likeness (QED) is 0.815. The summed E-state index contributed by atoms with van der Waals surface area (Å²) in [6, 6.07) is 8.64. The van der Waals surface area contributed by atoms with Gasteiger partial charge < -0.3 is 0 Å². The van der Waals surface area contributed by atoms with Gasteiger partial charge in [-0.05, 0) is 31.5 Å². The fraction of sp³-hybridized carbons (Fsp3) is 0.333. The second-order valence-corrected chi connectivity index (χ2v) is 4.24. The first-order valence-corrected chi connectivity index (χ1v) is 5.40. The molecule has 1 aromatic rings. The topological polar surface area (TPSA) is 12.0 Å². The highest BCUT2D eigenvalue weighted by atomic mass is 79.9. The van der Waals surface area contributed by atoms with E-state index >= 15 is 0 Å². The average molecular weight is 252 g/mol. The Kier molecular flexibility index (Phi) is 4.19. The van der Waals surface area contributed by atoms with E-state index in [9.17, 15) is 0 Å². The summed E-state index contributed by atoms with van der Waals surface area (Å²) in [5.41, 5.74) is 1.25. The second-order valence-electron chi connectivity index (χ2n) is 3.33. The summed E-state index contributed by atoms with van der Waals surface area (Å²) in [6.45, 7) is 4.09. The Hall–Kier alpha value is -0.780. The average Bonchev–Trinajstić information content (AvgIpc) is 2.18. The lowest BCUT2D eigenvalue weighted by Gasteiger charge is -2.16. The van der Waals surface area contributed by atoms with Crippen molar-refractivity contribution in [2.24, 2.45) is 0 Å². The van der Waals surface area contributed by atoms with Gasteiger partial charge in [-0.15, -0.1) is 6.42 Å². The molecule has 74 valence electrons. The van der Waals surface area contributed by atoms with Crippen molar-refractivity contribution in [1.82, 2.24) is 5.32 Å². The van der Waals surface area contributed by atoms with Gasteiger partial charge in [-0.1, -0.05) is 34.0 Å². The zero-order valence-electron chi connectivity index (χ0n) is 8.42. The van der Waals surface area contributed by atoms with Crippen LogP contribution < -0.4 is 5.32 Å². The van der Waals surface area contributed by atoms with Crippen LogP contribution in [0.4, 0.5) is 0 Å². The molecule has 0 amide bonds. The summed E-state index contributed by atoms with van der Waals surface area (Å²) in [4.78, 5) is 0. The lowest BCUT2D eigenvalue weighted by molar-refractivity contribution is 0.546. The summed E-state index contributed by atoms with van der Waals surface area (Å²) < 4.78 is 1.10. The molecule has 1 N–H and O–H groups in total. The summed E-state index contributed by atoms with van der Waals surface area (Å²) in [6.07, 6.45) is 5.30. The zero-order chi connectivity index (χ0) is 10.6. The zero-order valence-corrected chi connectivity index (χ0v) is 10.0. The van der Waals surface area contributed by atoms with Crippen molar-refractivity contribution in [2.75, 3.05) is 0 Å². The van der Waals surface area contributed by atoms with Gasteiger partial charge >= 0.3 is 0 Å². The molecule has 14 heavy (non-hydrogen) atoms. The highest BCUT2D eigenvalue weighted by molar-refractivity contribution is 9.10. The molecule has 2 atom stereocenters. The summed E-state index contributed by atoms with van der Waals surface area (Å²) >= 11 is 3.41. The van der Waals surface area contributed by atoms with E-state index in [0.29, 0.717) is 0 Å². The van der Waals surface area contributed by atoms with Crippen molar-refractivity contribution in [3.8, 4) is 12.3 Å². The van der Waals surface area contributed by atoms with E-state index in [1.807, 2.05) is 19.1 Å². The Morgan fingerprint density at radius 1 is 1.29 bits per heavy atom. The van der Waals surface area contributed by atoms with Gasteiger partial charge in [-0.3, -0.25) is 5.32 Å². The van der Waals surface area contributed by atoms with Crippen molar-refractivity contribution < 1.29 is 0 Å². The van der Waals surface area contributed by atoms with E-state index in [4.69, 9.17) is 6.42 Å². The normalized spacial score (nSPS) is 14.4. The molecule has 1 nitrogen and oxygen atoms in total. The van der Waals surface area contributed by atoms with Gasteiger partial charge in [-0.25, -0.2) is 0 Å². The largest absolute Gasteiger partial charge is 0.297 e. The number of hydrogen-bond acceptors (Lipinski definition) is 1. The Bertz CT molecular complexity index is 323. The minimum atomic E-state index is 0.105. The van der Waals surface area contributed by atoms with E-state index in [-0.39, 0.29) is 12.1 Å². The molecule has 1 aromatic carbocycles. The molecule has 2 heteroatoms. The van der Waals surface area contributed by atoms with Crippen LogP contribution in [0.1, 0.15) is 25.5 Å². The molecule has 0 aliphatic heterocycles. The van der Waals surface area contributed by atoms with Crippen molar-refractivity contribution in [3.05, 3.63) is 34.3 Å². The van der Waals surface area contributed by atoms with Crippen LogP contribution in [0.25, 0.3) is 0 Å². The van der Waals surface area contributed by atoms with Crippen LogP contribution in [0.5, 0.6) is 0 Å². The third-order valence-corrected chi connectivity index (χ3v) is 2.65. The molecule has 0 radical (unpaired) electrons. The third kappa shape index (κ3) is 3.17. The van der Waals surface area contributed by atoms with Gasteiger partial charge in [-0.2, -0.15) is 0 Å². The van der Waals surface area contributed by atoms with E-state index in [1.54, 1.807) is 0 Å². The molecule has 0 aromatic heterocycles. The number of halogens is 1. The van der Waals surface area contributed by atoms with Crippen molar-refractivity contribution in [1.29, 1.82) is 0 Å². The van der Waals surface area contributed by atoms with Crippen molar-refractivity contribution >= 4 is 15.9 Å². The van der Waals surface area contributed by atoms with E-state index < -0.39 is 0 Å². The first kappa shape index (κ1) is 11.3. The van der Waals surface area contributed by atoms with Crippen LogP contribution in [0.15, 0.2) is 28.7 Å². The molecule has 0 saturated carbocycles. The third-order valence-electron chi connectivity index (χ3n) is 2.12. The van der Waals surface area contributed by atoms with Crippen LogP contribution in [-0.4, -0.2) is 6.04 Å². The summed E-state index contributed by atoms with van der Waals surface area (Å²) in [7, 11) is 0. The maximum absolute atomic E-state index is 5.30. The van der Waals surface area contributed by atoms with E-state index in [0.717, 1.165) is 4.47 Å². The Balaban J connectivity index is 2.66. The van der Waals surface area contributed by atoms with Gasteiger partial charge in [0.25, 0.3) is 0 Å². The lowest BCUT2D eigenvalue weighted by Crippen LogP contribution is -2.27. The van der Waals surface area contributed by atoms with Crippen LogP contribution in [0, 0.1) is 12.3 Å². The van der Waals surface area contributed by atoms with Crippen LogP contribution in [0.3, 0.4) is 0 Å². The van der Waals surface area contributed by atoms with E-state index in [1.165, 1.54) is 5.56 Å². The molecular formula is C12H14BrN. The van der Waals surface area contributed by atoms with Gasteiger partial charge in [0.05, 0.1) is 6.04 Å². The molecule has 0 spiro atoms. The molecule has 0 fully saturated rings. The Morgan fingerprint density at radius 3 is 2.36 bits per heavy atom. The van der Waals surface area contributed by atoms with Crippen LogP contribution in [0.2, 0.25) is 0 Å². The first-order valence-electron chi connectivity index (χ1n) is 4.61. The molecule has 0 saturated heterocycles. The molecule has 1 rings (SSSR count). The maximum atomic E-state index is 5.30. The lowest BCUT2D eigenvalue weighted by atomic mass is 10.1. The SMILES string of the molecule is C#CC(C)N[C@@H](C)c1ccc(Br)cc1. The van der Waals surface area contributed by atoms with Crippen LogP contribution in [-0.2, 0) is 0 Å². The number of hydrogen-bond donors (Lipinski definition) is 1. The Labute approximate surface area is 94.0 Å². The molecule has 0 aliphatic carbocycles. The number of terminal acetylenes is 1. The fourth-order valence-electron chi connectivity index (χ4n) is 1.27. The van der Waals surface area contributed by atoms with Gasteiger partial charge in [0.15, 0.2) is 0 Å². The highest BCUT2D eigenvalue weighted by Crippen LogP contribution is 2.16. The van der Waals surface area contributed by atoms with Gasteiger partial charge in [0, 0.05) is 10.5 Å². The minimum absolute atomic E-state index is 0.105. The summed E-state index contributed by atoms with van der Waals surface area (Å²) in [5, 5.41) is 3.31. The molecule has 0 heterocycles. The monoisotopic (exact) mass is 251 g/mol. The van der Waals surface area contributed by atoms with Crippen molar-refractivity contribution in [3.63, 3.8) is 0 Å². The standard InChI is InChI=1S/C12H14BrN/c1-4-9(2)14-10(3)11-5-7-12(13)8-6-11/h1,5-10,14H,2-3H3/t9?,10-/m0/s1. The molecule has 1 unspecified atom stereocenters. The second kappa shape index (κ2) is 5.19. The van der Waals surface area contributed by atoms with E-state index in [2.05, 4.69) is 46.2 Å². The molecule has 0 aliphatic rings. The maximum Gasteiger partial charge on any atom is 0.0662 e. The smallest absolute Gasteiger partial charge is 0.0662 e. The highest BCUT2D eigenvalue weighted by Gasteiger charge is 2.06. The molecular weight excluding hydrogens is 238 g/mol. The predicted molar refractivity (Wildman–Crippen MR) is 64.0 cm³/mol. The first-order chi connectivity index (χ1) is 6.63. The minimum Gasteiger partial charge on any atom is -0.297 e. The fourth-order valence-corrected chi connectivity index (χ4v) is 1.54. The Morgan fingerprint density at radius 2 is 1.86 bits per heavy atom. The van der Waals surface area contributed by atoms with Gasteiger partial charge in [0.1, 0.15) is 0 Å². The number of rotatable bonds is 3. The summed E-state index contributed by atoms with van der Waals surface area (Å²) in [5.74, 6) is 2.66. The number of nitrogens with one attached hydrogen (secondary N) is 1. The van der Waals surface area contributed by atoms with Gasteiger partial charge in [0.2, 0.25) is 0 Å². The van der Waals surface area contributed by atoms with Crippen molar-refractivity contribution in [2.45, 2.75) is 25.9 Å². The van der Waals surface area contributed by atoms with Crippen LogP contribution >= 0.6 is 15.9 Å². The number of benzene rings is 1. The predicted octanol–water partition coefficient (Wildman–Crippen LogP) is 3.12. The molecule has 0 bridgehead atoms.